The van der Waals surface area contributed by atoms with Crippen molar-refractivity contribution < 1.29 is 9.53 Å². The SMILES string of the molecule is CCOC(=O)/C=C1/CC[C@@H]2[C@H]3CC[C@H]4CCCC[C@]4(C)[C@@H]3CC[C@@]12C. The van der Waals surface area contributed by atoms with Crippen LogP contribution in [0.5, 0.6) is 0 Å². The molecule has 4 fully saturated rings. The van der Waals surface area contributed by atoms with Crippen LogP contribution in [0.15, 0.2) is 11.6 Å². The molecule has 4 saturated carbocycles. The third kappa shape index (κ3) is 2.70. The molecule has 6 atom stereocenters. The fraction of sp³-hybridized carbons (Fsp3) is 0.870. The molecule has 0 amide bonds. The van der Waals surface area contributed by atoms with Gasteiger partial charge in [-0.3, -0.25) is 0 Å². The second-order valence-corrected chi connectivity index (χ2v) is 9.82. The summed E-state index contributed by atoms with van der Waals surface area (Å²) in [5.74, 6) is 3.50. The first-order valence-electron chi connectivity index (χ1n) is 10.9. The number of hydrogen-bond acceptors (Lipinski definition) is 2. The van der Waals surface area contributed by atoms with Crippen LogP contribution in [0.2, 0.25) is 0 Å². The summed E-state index contributed by atoms with van der Waals surface area (Å²) in [5.41, 5.74) is 2.26. The molecular weight excluding hydrogens is 308 g/mol. The van der Waals surface area contributed by atoms with Crippen LogP contribution in [0.25, 0.3) is 0 Å². The molecule has 0 N–H and O–H groups in total. The van der Waals surface area contributed by atoms with Gasteiger partial charge in [-0.15, -0.1) is 0 Å². The second-order valence-electron chi connectivity index (χ2n) is 9.82. The van der Waals surface area contributed by atoms with Crippen molar-refractivity contribution in [3.8, 4) is 0 Å². The average Bonchev–Trinajstić information content (AvgIpc) is 2.91. The minimum Gasteiger partial charge on any atom is -0.463 e. The lowest BCUT2D eigenvalue weighted by Gasteiger charge is -2.60. The number of hydrogen-bond donors (Lipinski definition) is 0. The zero-order valence-electron chi connectivity index (χ0n) is 16.5. The van der Waals surface area contributed by atoms with Crippen molar-refractivity contribution in [2.75, 3.05) is 6.61 Å². The normalized spacial score (nSPS) is 47.7. The van der Waals surface area contributed by atoms with Gasteiger partial charge in [-0.25, -0.2) is 4.79 Å². The van der Waals surface area contributed by atoms with Crippen molar-refractivity contribution >= 4 is 5.97 Å². The maximum absolute atomic E-state index is 12.0. The molecule has 4 aliphatic carbocycles. The molecular formula is C23H36O2. The Hall–Kier alpha value is -0.790. The van der Waals surface area contributed by atoms with E-state index in [1.807, 2.05) is 13.0 Å². The maximum Gasteiger partial charge on any atom is 0.330 e. The molecule has 0 radical (unpaired) electrons. The van der Waals surface area contributed by atoms with E-state index in [4.69, 9.17) is 4.74 Å². The minimum atomic E-state index is -0.121. The summed E-state index contributed by atoms with van der Waals surface area (Å²) in [5, 5.41) is 0. The van der Waals surface area contributed by atoms with Crippen LogP contribution in [0.3, 0.4) is 0 Å². The van der Waals surface area contributed by atoms with Gasteiger partial charge >= 0.3 is 5.97 Å². The van der Waals surface area contributed by atoms with Gasteiger partial charge in [0.1, 0.15) is 0 Å². The summed E-state index contributed by atoms with van der Waals surface area (Å²) in [6, 6.07) is 0. The summed E-state index contributed by atoms with van der Waals surface area (Å²) in [7, 11) is 0. The van der Waals surface area contributed by atoms with E-state index in [2.05, 4.69) is 13.8 Å². The van der Waals surface area contributed by atoms with Crippen LogP contribution in [0.1, 0.15) is 85.0 Å². The van der Waals surface area contributed by atoms with Crippen LogP contribution in [0.4, 0.5) is 0 Å². The van der Waals surface area contributed by atoms with Gasteiger partial charge in [0, 0.05) is 6.08 Å². The van der Waals surface area contributed by atoms with Gasteiger partial charge in [0.15, 0.2) is 0 Å². The quantitative estimate of drug-likeness (QED) is 0.460. The van der Waals surface area contributed by atoms with Gasteiger partial charge in [0.2, 0.25) is 0 Å². The number of fused-ring (bicyclic) bond motifs is 5. The van der Waals surface area contributed by atoms with E-state index in [0.29, 0.717) is 12.0 Å². The highest BCUT2D eigenvalue weighted by atomic mass is 16.5. The van der Waals surface area contributed by atoms with Crippen molar-refractivity contribution in [2.45, 2.75) is 85.0 Å². The first kappa shape index (κ1) is 17.6. The smallest absolute Gasteiger partial charge is 0.330 e. The summed E-state index contributed by atoms with van der Waals surface area (Å²) in [6.07, 6.45) is 15.7. The summed E-state index contributed by atoms with van der Waals surface area (Å²) >= 11 is 0. The molecule has 140 valence electrons. The van der Waals surface area contributed by atoms with Crippen molar-refractivity contribution in [2.24, 2.45) is 34.5 Å². The predicted octanol–water partition coefficient (Wildman–Crippen LogP) is 5.91. The van der Waals surface area contributed by atoms with E-state index in [0.717, 1.165) is 30.1 Å². The average molecular weight is 345 g/mol. The molecule has 0 spiro atoms. The van der Waals surface area contributed by atoms with Crippen molar-refractivity contribution in [3.05, 3.63) is 11.6 Å². The molecule has 4 aliphatic rings. The third-order valence-electron chi connectivity index (χ3n) is 9.01. The molecule has 25 heavy (non-hydrogen) atoms. The highest BCUT2D eigenvalue weighted by Gasteiger charge is 2.58. The van der Waals surface area contributed by atoms with Crippen LogP contribution in [-0.2, 0) is 9.53 Å². The van der Waals surface area contributed by atoms with Crippen molar-refractivity contribution in [1.82, 2.24) is 0 Å². The van der Waals surface area contributed by atoms with Crippen LogP contribution in [-0.4, -0.2) is 12.6 Å². The number of carbonyl (C=O) groups excluding carboxylic acids is 1. The zero-order chi connectivity index (χ0) is 17.7. The van der Waals surface area contributed by atoms with E-state index in [1.54, 1.807) is 0 Å². The van der Waals surface area contributed by atoms with Crippen molar-refractivity contribution in [1.29, 1.82) is 0 Å². The van der Waals surface area contributed by atoms with E-state index in [-0.39, 0.29) is 11.4 Å². The number of esters is 1. The summed E-state index contributed by atoms with van der Waals surface area (Å²) < 4.78 is 5.21. The van der Waals surface area contributed by atoms with E-state index in [9.17, 15) is 4.79 Å². The fourth-order valence-electron chi connectivity index (χ4n) is 7.71. The zero-order valence-corrected chi connectivity index (χ0v) is 16.5. The van der Waals surface area contributed by atoms with Gasteiger partial charge in [0.05, 0.1) is 6.61 Å². The lowest BCUT2D eigenvalue weighted by Crippen LogP contribution is -2.52. The van der Waals surface area contributed by atoms with Crippen LogP contribution >= 0.6 is 0 Å². The molecule has 0 aromatic carbocycles. The van der Waals surface area contributed by atoms with Gasteiger partial charge in [-0.2, -0.15) is 0 Å². The van der Waals surface area contributed by atoms with E-state index in [1.165, 1.54) is 63.4 Å². The Kier molecular flexibility index (Phi) is 4.53. The van der Waals surface area contributed by atoms with Crippen LogP contribution < -0.4 is 0 Å². The Bertz CT molecular complexity index is 564. The molecule has 0 unspecified atom stereocenters. The first-order chi connectivity index (χ1) is 12.0. The summed E-state index contributed by atoms with van der Waals surface area (Å²) in [6.45, 7) is 7.47. The van der Waals surface area contributed by atoms with Gasteiger partial charge in [-0.1, -0.05) is 32.3 Å². The Balaban J connectivity index is 1.58. The Morgan fingerprint density at radius 1 is 1.08 bits per heavy atom. The highest BCUT2D eigenvalue weighted by Crippen LogP contribution is 2.67. The molecule has 0 aromatic rings. The molecule has 0 aliphatic heterocycles. The minimum absolute atomic E-state index is 0.121. The molecule has 4 rings (SSSR count). The largest absolute Gasteiger partial charge is 0.463 e. The maximum atomic E-state index is 12.0. The first-order valence-corrected chi connectivity index (χ1v) is 10.9. The Morgan fingerprint density at radius 2 is 1.92 bits per heavy atom. The fourth-order valence-corrected chi connectivity index (χ4v) is 7.71. The lowest BCUT2D eigenvalue weighted by atomic mass is 9.45. The number of carbonyl (C=O) groups is 1. The lowest BCUT2D eigenvalue weighted by molar-refractivity contribution is -0.137. The molecule has 2 nitrogen and oxygen atoms in total. The molecule has 2 heteroatoms. The third-order valence-corrected chi connectivity index (χ3v) is 9.01. The number of rotatable bonds is 2. The van der Waals surface area contributed by atoms with Gasteiger partial charge in [0.25, 0.3) is 0 Å². The molecule has 0 aromatic heterocycles. The predicted molar refractivity (Wildman–Crippen MR) is 101 cm³/mol. The Labute approximate surface area is 153 Å². The second kappa shape index (κ2) is 6.43. The number of ether oxygens (including phenoxy) is 1. The highest BCUT2D eigenvalue weighted by molar-refractivity contribution is 5.83. The molecule has 0 bridgehead atoms. The van der Waals surface area contributed by atoms with Crippen LogP contribution in [0, 0.1) is 34.5 Å². The molecule has 0 heterocycles. The topological polar surface area (TPSA) is 26.3 Å². The van der Waals surface area contributed by atoms with E-state index >= 15 is 0 Å². The van der Waals surface area contributed by atoms with Gasteiger partial charge < -0.3 is 4.74 Å². The standard InChI is InChI=1S/C23H36O2/c1-4-25-21(24)15-17-9-11-19-18-10-8-16-7-5-6-13-22(16,2)20(18)12-14-23(17,19)3/h15-16,18-20H,4-14H2,1-3H3/b17-15-/t16-,18-,19-,20-,22+,23+/m1/s1. The van der Waals surface area contributed by atoms with E-state index < -0.39 is 0 Å². The van der Waals surface area contributed by atoms with Crippen molar-refractivity contribution in [3.63, 3.8) is 0 Å². The molecule has 0 saturated heterocycles. The number of allylic oxidation sites excluding steroid dienone is 1. The van der Waals surface area contributed by atoms with Gasteiger partial charge in [-0.05, 0) is 92.8 Å². The monoisotopic (exact) mass is 344 g/mol. The summed E-state index contributed by atoms with van der Waals surface area (Å²) in [4.78, 5) is 12.0. The Morgan fingerprint density at radius 3 is 2.72 bits per heavy atom.